The minimum atomic E-state index is -4.42. The number of nitrogens with one attached hydrogen (secondary N) is 2. The highest BCUT2D eigenvalue weighted by Crippen LogP contribution is 2.20. The summed E-state index contributed by atoms with van der Waals surface area (Å²) in [6, 6.07) is -0.138. The molecule has 15 heavy (non-hydrogen) atoms. The van der Waals surface area contributed by atoms with Crippen LogP contribution in [0.15, 0.2) is 0 Å². The van der Waals surface area contributed by atoms with Crippen molar-refractivity contribution in [1.29, 1.82) is 0 Å². The lowest BCUT2D eigenvalue weighted by atomic mass is 9.95. The van der Waals surface area contributed by atoms with Gasteiger partial charge in [-0.1, -0.05) is 6.92 Å². The molecule has 0 spiro atoms. The van der Waals surface area contributed by atoms with E-state index in [4.69, 9.17) is 0 Å². The highest BCUT2D eigenvalue weighted by Gasteiger charge is 2.33. The molecule has 0 aromatic rings. The van der Waals surface area contributed by atoms with Crippen molar-refractivity contribution in [3.63, 3.8) is 0 Å². The maximum absolute atomic E-state index is 11.9. The van der Waals surface area contributed by atoms with Gasteiger partial charge in [-0.05, 0) is 25.4 Å². The van der Waals surface area contributed by atoms with Gasteiger partial charge in [0.05, 0.1) is 0 Å². The normalized spacial score (nSPS) is 27.5. The molecule has 1 amide bonds. The molecule has 1 fully saturated rings. The molecule has 3 nitrogen and oxygen atoms in total. The molecule has 1 aliphatic rings. The highest BCUT2D eigenvalue weighted by atomic mass is 19.4. The molecule has 0 saturated carbocycles. The molecular formula is C9H15F3N2O. The van der Waals surface area contributed by atoms with Gasteiger partial charge in [0.15, 0.2) is 0 Å². The predicted molar refractivity (Wildman–Crippen MR) is 49.3 cm³/mol. The molecule has 0 aliphatic carbocycles. The van der Waals surface area contributed by atoms with E-state index in [0.29, 0.717) is 6.42 Å². The van der Waals surface area contributed by atoms with Gasteiger partial charge >= 0.3 is 6.18 Å². The topological polar surface area (TPSA) is 41.1 Å². The summed E-state index contributed by atoms with van der Waals surface area (Å²) < 4.78 is 35.7. The zero-order valence-electron chi connectivity index (χ0n) is 8.53. The van der Waals surface area contributed by atoms with Crippen LogP contribution in [-0.4, -0.2) is 31.2 Å². The standard InChI is InChI=1S/C9H15F3N2O/c1-6-5-13-3-2-7(6)14-8(15)4-9(10,11)12/h6-7,13H,2-5H2,1H3,(H,14,15). The number of piperidine rings is 1. The first-order chi connectivity index (χ1) is 6.88. The van der Waals surface area contributed by atoms with E-state index < -0.39 is 18.5 Å². The lowest BCUT2D eigenvalue weighted by Gasteiger charge is -2.30. The second-order valence-electron chi connectivity index (χ2n) is 3.94. The van der Waals surface area contributed by atoms with Gasteiger partial charge in [-0.2, -0.15) is 13.2 Å². The van der Waals surface area contributed by atoms with Gasteiger partial charge in [-0.25, -0.2) is 0 Å². The number of carbonyl (C=O) groups is 1. The van der Waals surface area contributed by atoms with Crippen molar-refractivity contribution in [1.82, 2.24) is 10.6 Å². The predicted octanol–water partition coefficient (Wildman–Crippen LogP) is 1.05. The Labute approximate surface area is 86.4 Å². The van der Waals surface area contributed by atoms with Gasteiger partial charge in [0.1, 0.15) is 6.42 Å². The van der Waals surface area contributed by atoms with Crippen LogP contribution in [0.25, 0.3) is 0 Å². The molecular weight excluding hydrogens is 209 g/mol. The summed E-state index contributed by atoms with van der Waals surface area (Å²) >= 11 is 0. The summed E-state index contributed by atoms with van der Waals surface area (Å²) in [7, 11) is 0. The zero-order chi connectivity index (χ0) is 11.5. The van der Waals surface area contributed by atoms with Gasteiger partial charge in [0.2, 0.25) is 5.91 Å². The van der Waals surface area contributed by atoms with E-state index in [0.717, 1.165) is 13.1 Å². The Bertz CT molecular complexity index is 230. The van der Waals surface area contributed by atoms with Crippen molar-refractivity contribution in [3.05, 3.63) is 0 Å². The molecule has 0 aromatic heterocycles. The zero-order valence-corrected chi connectivity index (χ0v) is 8.53. The molecule has 88 valence electrons. The van der Waals surface area contributed by atoms with E-state index in [1.165, 1.54) is 0 Å². The Morgan fingerprint density at radius 1 is 1.53 bits per heavy atom. The van der Waals surface area contributed by atoms with Crippen LogP contribution in [0.3, 0.4) is 0 Å². The SMILES string of the molecule is CC1CNCCC1NC(=O)CC(F)(F)F. The van der Waals surface area contributed by atoms with Crippen LogP contribution in [0.5, 0.6) is 0 Å². The summed E-state index contributed by atoms with van der Waals surface area (Å²) in [4.78, 5) is 11.0. The maximum Gasteiger partial charge on any atom is 0.397 e. The van der Waals surface area contributed by atoms with E-state index in [1.54, 1.807) is 0 Å². The minimum absolute atomic E-state index is 0.138. The van der Waals surface area contributed by atoms with E-state index in [-0.39, 0.29) is 12.0 Å². The van der Waals surface area contributed by atoms with Crippen molar-refractivity contribution < 1.29 is 18.0 Å². The number of amides is 1. The fourth-order valence-corrected chi connectivity index (χ4v) is 1.67. The van der Waals surface area contributed by atoms with Crippen LogP contribution in [0.4, 0.5) is 13.2 Å². The highest BCUT2D eigenvalue weighted by molar-refractivity contribution is 5.76. The largest absolute Gasteiger partial charge is 0.397 e. The maximum atomic E-state index is 11.9. The molecule has 6 heteroatoms. The Kier molecular flexibility index (Phi) is 3.96. The molecule has 0 radical (unpaired) electrons. The van der Waals surface area contributed by atoms with Crippen molar-refractivity contribution in [3.8, 4) is 0 Å². The summed E-state index contributed by atoms with van der Waals surface area (Å²) in [5.74, 6) is -0.753. The van der Waals surface area contributed by atoms with Crippen LogP contribution >= 0.6 is 0 Å². The summed E-state index contributed by atoms with van der Waals surface area (Å²) in [6.45, 7) is 3.38. The Morgan fingerprint density at radius 3 is 2.73 bits per heavy atom. The summed E-state index contributed by atoms with van der Waals surface area (Å²) in [5.41, 5.74) is 0. The van der Waals surface area contributed by atoms with Gasteiger partial charge < -0.3 is 10.6 Å². The first-order valence-corrected chi connectivity index (χ1v) is 4.95. The second kappa shape index (κ2) is 4.83. The lowest BCUT2D eigenvalue weighted by molar-refractivity contribution is -0.154. The molecule has 2 unspecified atom stereocenters. The van der Waals surface area contributed by atoms with E-state index in [1.807, 2.05) is 6.92 Å². The van der Waals surface area contributed by atoms with E-state index in [2.05, 4.69) is 10.6 Å². The van der Waals surface area contributed by atoms with Crippen LogP contribution in [0.1, 0.15) is 19.8 Å². The molecule has 1 saturated heterocycles. The quantitative estimate of drug-likeness (QED) is 0.736. The molecule has 1 heterocycles. The monoisotopic (exact) mass is 224 g/mol. The molecule has 1 aliphatic heterocycles. The number of hydrogen-bond donors (Lipinski definition) is 2. The number of carbonyl (C=O) groups excluding carboxylic acids is 1. The Morgan fingerprint density at radius 2 is 2.20 bits per heavy atom. The molecule has 0 bridgehead atoms. The average molecular weight is 224 g/mol. The van der Waals surface area contributed by atoms with Gasteiger partial charge in [-0.15, -0.1) is 0 Å². The van der Waals surface area contributed by atoms with Gasteiger partial charge in [-0.3, -0.25) is 4.79 Å². The fourth-order valence-electron chi connectivity index (χ4n) is 1.67. The van der Waals surface area contributed by atoms with E-state index in [9.17, 15) is 18.0 Å². The van der Waals surface area contributed by atoms with Crippen molar-refractivity contribution in [2.75, 3.05) is 13.1 Å². The summed E-state index contributed by atoms with van der Waals surface area (Å²) in [5, 5.41) is 5.54. The average Bonchev–Trinajstić information content (AvgIpc) is 2.05. The molecule has 2 atom stereocenters. The lowest BCUT2D eigenvalue weighted by Crippen LogP contribution is -2.49. The Hall–Kier alpha value is -0.780. The number of halogens is 3. The third-order valence-corrected chi connectivity index (χ3v) is 2.49. The van der Waals surface area contributed by atoms with Crippen LogP contribution < -0.4 is 10.6 Å². The molecule has 1 rings (SSSR count). The van der Waals surface area contributed by atoms with Gasteiger partial charge in [0.25, 0.3) is 0 Å². The number of rotatable bonds is 2. The molecule has 2 N–H and O–H groups in total. The third-order valence-electron chi connectivity index (χ3n) is 2.49. The summed E-state index contributed by atoms with van der Waals surface area (Å²) in [6.07, 6.45) is -5.12. The third kappa shape index (κ3) is 4.51. The van der Waals surface area contributed by atoms with Gasteiger partial charge in [0, 0.05) is 6.04 Å². The van der Waals surface area contributed by atoms with Crippen LogP contribution in [0, 0.1) is 5.92 Å². The van der Waals surface area contributed by atoms with Crippen LogP contribution in [0.2, 0.25) is 0 Å². The Balaban J connectivity index is 2.36. The smallest absolute Gasteiger partial charge is 0.353 e. The first-order valence-electron chi connectivity index (χ1n) is 4.95. The molecule has 0 aromatic carbocycles. The van der Waals surface area contributed by atoms with Crippen molar-refractivity contribution >= 4 is 5.91 Å². The number of alkyl halides is 3. The van der Waals surface area contributed by atoms with Crippen LogP contribution in [-0.2, 0) is 4.79 Å². The fraction of sp³-hybridized carbons (Fsp3) is 0.889. The number of hydrogen-bond acceptors (Lipinski definition) is 2. The van der Waals surface area contributed by atoms with Crippen molar-refractivity contribution in [2.45, 2.75) is 32.0 Å². The first kappa shape index (κ1) is 12.3. The van der Waals surface area contributed by atoms with E-state index >= 15 is 0 Å². The minimum Gasteiger partial charge on any atom is -0.353 e. The second-order valence-corrected chi connectivity index (χ2v) is 3.94. The van der Waals surface area contributed by atoms with Crippen molar-refractivity contribution in [2.24, 2.45) is 5.92 Å².